The van der Waals surface area contributed by atoms with Gasteiger partial charge < -0.3 is 19.5 Å². The quantitative estimate of drug-likeness (QED) is 0.560. The van der Waals surface area contributed by atoms with Gasteiger partial charge in [-0.25, -0.2) is 4.79 Å². The molecule has 5 nitrogen and oxygen atoms in total. The van der Waals surface area contributed by atoms with Crippen LogP contribution < -0.4 is 5.32 Å². The fourth-order valence-electron chi connectivity index (χ4n) is 1.67. The molecular weight excluding hydrogens is 270 g/mol. The van der Waals surface area contributed by atoms with Gasteiger partial charge in [0.25, 0.3) is 0 Å². The molecule has 0 aliphatic rings. The fourth-order valence-corrected chi connectivity index (χ4v) is 1.67. The number of nitrogens with one attached hydrogen (secondary N) is 1. The van der Waals surface area contributed by atoms with Gasteiger partial charge in [0.05, 0.1) is 19.8 Å². The first-order chi connectivity index (χ1) is 9.95. The highest BCUT2D eigenvalue weighted by Gasteiger charge is 2.15. The average molecular weight is 303 g/mol. The van der Waals surface area contributed by atoms with Gasteiger partial charge in [-0.3, -0.25) is 0 Å². The molecule has 0 rings (SSSR count). The smallest absolute Gasteiger partial charge is 0.407 e. The molecule has 0 aromatic heterocycles. The maximum Gasteiger partial charge on any atom is 0.407 e. The monoisotopic (exact) mass is 303 g/mol. The minimum absolute atomic E-state index is 0.408. The van der Waals surface area contributed by atoms with Crippen LogP contribution in [0.2, 0.25) is 0 Å². The van der Waals surface area contributed by atoms with E-state index in [0.29, 0.717) is 26.4 Å². The van der Waals surface area contributed by atoms with E-state index in [2.05, 4.69) is 12.2 Å². The summed E-state index contributed by atoms with van der Waals surface area (Å²) in [5.41, 5.74) is -0.462. The summed E-state index contributed by atoms with van der Waals surface area (Å²) >= 11 is 0. The number of ether oxygens (including phenoxy) is 3. The molecule has 0 bridgehead atoms. The Bertz CT molecular complexity index is 251. The van der Waals surface area contributed by atoms with Gasteiger partial charge in [0.1, 0.15) is 5.60 Å². The molecule has 0 atom stereocenters. The average Bonchev–Trinajstić information content (AvgIpc) is 2.38. The van der Waals surface area contributed by atoms with Gasteiger partial charge in [-0.15, -0.1) is 0 Å². The zero-order valence-corrected chi connectivity index (χ0v) is 14.2. The molecule has 1 N–H and O–H groups in total. The van der Waals surface area contributed by atoms with Crippen molar-refractivity contribution in [3.8, 4) is 0 Å². The molecule has 0 aliphatic heterocycles. The van der Waals surface area contributed by atoms with Gasteiger partial charge >= 0.3 is 6.09 Å². The summed E-state index contributed by atoms with van der Waals surface area (Å²) in [5.74, 6) is 0. The SMILES string of the molecule is CCCCCCCOCCOCCNC(=O)OC(C)(C)C. The van der Waals surface area contributed by atoms with Gasteiger partial charge in [-0.05, 0) is 27.2 Å². The second-order valence-corrected chi connectivity index (χ2v) is 6.07. The number of unbranched alkanes of at least 4 members (excludes halogenated alkanes) is 4. The van der Waals surface area contributed by atoms with Crippen molar-refractivity contribution in [2.45, 2.75) is 65.4 Å². The van der Waals surface area contributed by atoms with Gasteiger partial charge in [-0.2, -0.15) is 0 Å². The number of carbonyl (C=O) groups is 1. The third kappa shape index (κ3) is 17.1. The molecule has 126 valence electrons. The van der Waals surface area contributed by atoms with E-state index in [1.807, 2.05) is 20.8 Å². The van der Waals surface area contributed by atoms with Crippen LogP contribution in [0.1, 0.15) is 59.8 Å². The maximum atomic E-state index is 11.3. The Balaban J connectivity index is 3.17. The van der Waals surface area contributed by atoms with Gasteiger partial charge in [0, 0.05) is 13.2 Å². The molecule has 0 radical (unpaired) electrons. The van der Waals surface area contributed by atoms with Gasteiger partial charge in [-0.1, -0.05) is 32.6 Å². The van der Waals surface area contributed by atoms with Crippen LogP contribution in [0.15, 0.2) is 0 Å². The van der Waals surface area contributed by atoms with Crippen LogP contribution in [0.3, 0.4) is 0 Å². The van der Waals surface area contributed by atoms with Crippen molar-refractivity contribution < 1.29 is 19.0 Å². The van der Waals surface area contributed by atoms with E-state index in [9.17, 15) is 4.79 Å². The minimum atomic E-state index is -0.462. The van der Waals surface area contributed by atoms with Crippen LogP contribution in [0.25, 0.3) is 0 Å². The normalized spacial score (nSPS) is 11.4. The Morgan fingerprint density at radius 3 is 2.14 bits per heavy atom. The summed E-state index contributed by atoms with van der Waals surface area (Å²) in [5, 5.41) is 2.64. The summed E-state index contributed by atoms with van der Waals surface area (Å²) in [6.07, 6.45) is 5.84. The van der Waals surface area contributed by atoms with E-state index in [1.165, 1.54) is 25.7 Å². The molecule has 0 aromatic carbocycles. The third-order valence-electron chi connectivity index (χ3n) is 2.68. The molecule has 0 saturated heterocycles. The lowest BCUT2D eigenvalue weighted by Crippen LogP contribution is -2.34. The lowest BCUT2D eigenvalue weighted by molar-refractivity contribution is 0.0390. The fraction of sp³-hybridized carbons (Fsp3) is 0.938. The van der Waals surface area contributed by atoms with Crippen molar-refractivity contribution in [3.63, 3.8) is 0 Å². The first-order valence-electron chi connectivity index (χ1n) is 8.08. The first kappa shape index (κ1) is 20.2. The minimum Gasteiger partial charge on any atom is -0.444 e. The predicted octanol–water partition coefficient (Wildman–Crippen LogP) is 3.51. The van der Waals surface area contributed by atoms with Crippen LogP contribution in [0.4, 0.5) is 4.79 Å². The van der Waals surface area contributed by atoms with Crippen molar-refractivity contribution in [1.82, 2.24) is 5.32 Å². The van der Waals surface area contributed by atoms with E-state index >= 15 is 0 Å². The summed E-state index contributed by atoms with van der Waals surface area (Å²) in [6, 6.07) is 0. The molecule has 0 aliphatic carbocycles. The van der Waals surface area contributed by atoms with Crippen molar-refractivity contribution in [1.29, 1.82) is 0 Å². The van der Waals surface area contributed by atoms with Crippen molar-refractivity contribution in [3.05, 3.63) is 0 Å². The molecule has 0 saturated carbocycles. The highest BCUT2D eigenvalue weighted by molar-refractivity contribution is 5.67. The van der Waals surface area contributed by atoms with Crippen LogP contribution in [0.5, 0.6) is 0 Å². The second-order valence-electron chi connectivity index (χ2n) is 6.07. The van der Waals surface area contributed by atoms with Crippen LogP contribution in [0, 0.1) is 0 Å². The lowest BCUT2D eigenvalue weighted by atomic mass is 10.2. The van der Waals surface area contributed by atoms with Crippen LogP contribution in [-0.4, -0.2) is 44.7 Å². The number of carbonyl (C=O) groups excluding carboxylic acids is 1. The number of hydrogen-bond acceptors (Lipinski definition) is 4. The van der Waals surface area contributed by atoms with E-state index in [1.54, 1.807) is 0 Å². The summed E-state index contributed by atoms with van der Waals surface area (Å²) in [7, 11) is 0. The molecule has 5 heteroatoms. The zero-order valence-electron chi connectivity index (χ0n) is 14.2. The van der Waals surface area contributed by atoms with Gasteiger partial charge in [0.2, 0.25) is 0 Å². The van der Waals surface area contributed by atoms with Crippen molar-refractivity contribution in [2.75, 3.05) is 33.0 Å². The molecule has 21 heavy (non-hydrogen) atoms. The van der Waals surface area contributed by atoms with E-state index < -0.39 is 11.7 Å². The second kappa shape index (κ2) is 12.9. The van der Waals surface area contributed by atoms with Crippen LogP contribution >= 0.6 is 0 Å². The molecule has 0 unspecified atom stereocenters. The number of hydrogen-bond donors (Lipinski definition) is 1. The molecule has 0 fully saturated rings. The topological polar surface area (TPSA) is 56.8 Å². The number of rotatable bonds is 12. The number of amides is 1. The molecule has 1 amide bonds. The Hall–Kier alpha value is -0.810. The van der Waals surface area contributed by atoms with Crippen molar-refractivity contribution >= 4 is 6.09 Å². The Kier molecular flexibility index (Phi) is 12.4. The van der Waals surface area contributed by atoms with E-state index in [0.717, 1.165) is 13.0 Å². The van der Waals surface area contributed by atoms with E-state index in [4.69, 9.17) is 14.2 Å². The molecule has 0 spiro atoms. The molecule has 0 heterocycles. The highest BCUT2D eigenvalue weighted by atomic mass is 16.6. The maximum absolute atomic E-state index is 11.3. The standard InChI is InChI=1S/C16H33NO4/c1-5-6-7-8-9-11-19-13-14-20-12-10-17-15(18)21-16(2,3)4/h5-14H2,1-4H3,(H,17,18). The Morgan fingerprint density at radius 2 is 1.52 bits per heavy atom. The van der Waals surface area contributed by atoms with E-state index in [-0.39, 0.29) is 0 Å². The number of alkyl carbamates (subject to hydrolysis) is 1. The molecular formula is C16H33NO4. The Labute approximate surface area is 129 Å². The Morgan fingerprint density at radius 1 is 0.905 bits per heavy atom. The summed E-state index contributed by atoms with van der Waals surface area (Å²) < 4.78 is 15.9. The highest BCUT2D eigenvalue weighted by Crippen LogP contribution is 2.06. The summed E-state index contributed by atoms with van der Waals surface area (Å²) in [4.78, 5) is 11.3. The first-order valence-corrected chi connectivity index (χ1v) is 8.08. The van der Waals surface area contributed by atoms with Crippen LogP contribution in [-0.2, 0) is 14.2 Å². The zero-order chi connectivity index (χ0) is 16.0. The van der Waals surface area contributed by atoms with Crippen molar-refractivity contribution in [2.24, 2.45) is 0 Å². The summed E-state index contributed by atoms with van der Waals surface area (Å²) in [6.45, 7) is 10.6. The van der Waals surface area contributed by atoms with Gasteiger partial charge in [0.15, 0.2) is 0 Å². The predicted molar refractivity (Wildman–Crippen MR) is 84.6 cm³/mol. The third-order valence-corrected chi connectivity index (χ3v) is 2.68. The lowest BCUT2D eigenvalue weighted by Gasteiger charge is -2.19. The largest absolute Gasteiger partial charge is 0.444 e. The molecule has 0 aromatic rings.